The van der Waals surface area contributed by atoms with Gasteiger partial charge in [-0.25, -0.2) is 0 Å². The van der Waals surface area contributed by atoms with Crippen LogP contribution in [0.1, 0.15) is 58.4 Å². The number of aromatic nitrogens is 1. The summed E-state index contributed by atoms with van der Waals surface area (Å²) in [4.78, 5) is 34.8. The lowest BCUT2D eigenvalue weighted by atomic mass is 9.80. The van der Waals surface area contributed by atoms with Crippen molar-refractivity contribution in [1.82, 2.24) is 20.1 Å². The lowest BCUT2D eigenvalue weighted by molar-refractivity contribution is -0.161. The van der Waals surface area contributed by atoms with Crippen molar-refractivity contribution in [2.75, 3.05) is 19.6 Å². The first-order valence-corrected chi connectivity index (χ1v) is 10.7. The van der Waals surface area contributed by atoms with E-state index >= 15 is 0 Å². The molecule has 0 bridgehead atoms. The summed E-state index contributed by atoms with van der Waals surface area (Å²) >= 11 is 0. The van der Waals surface area contributed by atoms with E-state index in [4.69, 9.17) is 0 Å². The van der Waals surface area contributed by atoms with E-state index in [1.807, 2.05) is 29.4 Å². The number of carbonyl (C=O) groups excluding carboxylic acids is 2. The number of piperidine rings is 1. The zero-order chi connectivity index (χ0) is 20.1. The number of carbonyl (C=O) groups is 2. The number of nitrogens with zero attached hydrogens (tertiary/aromatic N) is 3. The van der Waals surface area contributed by atoms with Gasteiger partial charge in [0, 0.05) is 38.6 Å². The third-order valence-corrected chi connectivity index (χ3v) is 6.09. The van der Waals surface area contributed by atoms with E-state index in [1.165, 1.54) is 5.56 Å². The second-order valence-corrected chi connectivity index (χ2v) is 8.66. The van der Waals surface area contributed by atoms with E-state index in [-0.39, 0.29) is 17.9 Å². The highest BCUT2D eigenvalue weighted by Gasteiger charge is 2.53. The molecule has 2 aliphatic rings. The van der Waals surface area contributed by atoms with Gasteiger partial charge >= 0.3 is 0 Å². The zero-order valence-corrected chi connectivity index (χ0v) is 17.5. The summed E-state index contributed by atoms with van der Waals surface area (Å²) in [5.74, 6) is 0.542. The van der Waals surface area contributed by atoms with Crippen molar-refractivity contribution in [3.8, 4) is 0 Å². The van der Waals surface area contributed by atoms with Gasteiger partial charge in [-0.3, -0.25) is 19.5 Å². The number of amides is 2. The molecular weight excluding hydrogens is 352 g/mol. The fourth-order valence-electron chi connectivity index (χ4n) is 4.47. The molecule has 6 heteroatoms. The van der Waals surface area contributed by atoms with Gasteiger partial charge in [-0.1, -0.05) is 27.2 Å². The maximum Gasteiger partial charge on any atom is 0.246 e. The van der Waals surface area contributed by atoms with Gasteiger partial charge in [0.25, 0.3) is 0 Å². The fourth-order valence-corrected chi connectivity index (χ4v) is 4.47. The number of rotatable bonds is 7. The maximum atomic E-state index is 13.2. The Labute approximate surface area is 168 Å². The Kier molecular flexibility index (Phi) is 6.70. The summed E-state index contributed by atoms with van der Waals surface area (Å²) in [7, 11) is 0. The van der Waals surface area contributed by atoms with Crippen LogP contribution in [0.3, 0.4) is 0 Å². The molecule has 28 heavy (non-hydrogen) atoms. The van der Waals surface area contributed by atoms with Crippen LogP contribution in [0.5, 0.6) is 0 Å². The van der Waals surface area contributed by atoms with E-state index in [0.29, 0.717) is 31.7 Å². The Morgan fingerprint density at radius 2 is 1.89 bits per heavy atom. The fraction of sp³-hybridized carbons (Fsp3) is 0.682. The van der Waals surface area contributed by atoms with E-state index in [0.717, 1.165) is 32.5 Å². The Hall–Kier alpha value is -1.95. The average molecular weight is 387 g/mol. The molecule has 0 aliphatic carbocycles. The standard InChI is InChI=1S/C22H34N4O2/c1-4-5-12-26-20(27)19(15-17(2)3)24-21(28)22(26)8-13-25(14-9-22)16-18-6-10-23-11-7-18/h6-7,10-11,17,19H,4-5,8-9,12-16H2,1-3H3,(H,24,28). The quantitative estimate of drug-likeness (QED) is 0.782. The van der Waals surface area contributed by atoms with Gasteiger partial charge in [0.2, 0.25) is 11.8 Å². The summed E-state index contributed by atoms with van der Waals surface area (Å²) in [5.41, 5.74) is 0.559. The molecule has 0 radical (unpaired) electrons. The van der Waals surface area contributed by atoms with Crippen LogP contribution in [0, 0.1) is 5.92 Å². The van der Waals surface area contributed by atoms with Gasteiger partial charge in [0.15, 0.2) is 0 Å². The van der Waals surface area contributed by atoms with Crippen molar-refractivity contribution in [1.29, 1.82) is 0 Å². The van der Waals surface area contributed by atoms with Gasteiger partial charge in [-0.2, -0.15) is 0 Å². The third kappa shape index (κ3) is 4.37. The minimum atomic E-state index is -0.672. The Morgan fingerprint density at radius 1 is 1.21 bits per heavy atom. The van der Waals surface area contributed by atoms with E-state index in [9.17, 15) is 9.59 Å². The number of piperazine rings is 1. The van der Waals surface area contributed by atoms with Gasteiger partial charge < -0.3 is 10.2 Å². The SMILES string of the molecule is CCCCN1C(=O)C(CC(C)C)NC(=O)C12CCN(Cc1ccncc1)CC2. The van der Waals surface area contributed by atoms with Crippen molar-refractivity contribution in [2.45, 2.75) is 71.0 Å². The molecule has 2 saturated heterocycles. The van der Waals surface area contributed by atoms with E-state index in [2.05, 4.69) is 36.0 Å². The van der Waals surface area contributed by atoms with Crippen molar-refractivity contribution in [3.05, 3.63) is 30.1 Å². The van der Waals surface area contributed by atoms with Crippen LogP contribution in [0.4, 0.5) is 0 Å². The molecule has 1 aromatic heterocycles. The average Bonchev–Trinajstić information content (AvgIpc) is 2.68. The number of nitrogens with one attached hydrogen (secondary N) is 1. The second kappa shape index (κ2) is 9.03. The summed E-state index contributed by atoms with van der Waals surface area (Å²) < 4.78 is 0. The van der Waals surface area contributed by atoms with Gasteiger partial charge in [0.1, 0.15) is 11.6 Å². The number of unbranched alkanes of at least 4 members (excludes halogenated alkanes) is 1. The van der Waals surface area contributed by atoms with Crippen LogP contribution in [-0.2, 0) is 16.1 Å². The number of pyridine rings is 1. The normalized spacial score (nSPS) is 22.7. The number of likely N-dealkylation sites (tertiary alicyclic amines) is 1. The third-order valence-electron chi connectivity index (χ3n) is 6.09. The molecule has 1 atom stereocenters. The molecule has 2 aliphatic heterocycles. The lowest BCUT2D eigenvalue weighted by Gasteiger charge is -2.52. The molecule has 1 aromatic rings. The predicted molar refractivity (Wildman–Crippen MR) is 109 cm³/mol. The smallest absolute Gasteiger partial charge is 0.246 e. The van der Waals surface area contributed by atoms with E-state index < -0.39 is 5.54 Å². The largest absolute Gasteiger partial charge is 0.342 e. The van der Waals surface area contributed by atoms with Crippen LogP contribution in [0.15, 0.2) is 24.5 Å². The second-order valence-electron chi connectivity index (χ2n) is 8.66. The molecule has 154 valence electrons. The van der Waals surface area contributed by atoms with Gasteiger partial charge in [-0.05, 0) is 49.3 Å². The van der Waals surface area contributed by atoms with Gasteiger partial charge in [0.05, 0.1) is 0 Å². The molecule has 2 amide bonds. The number of hydrogen-bond acceptors (Lipinski definition) is 4. The van der Waals surface area contributed by atoms with Crippen molar-refractivity contribution in [2.24, 2.45) is 5.92 Å². The highest BCUT2D eigenvalue weighted by Crippen LogP contribution is 2.34. The monoisotopic (exact) mass is 386 g/mol. The summed E-state index contributed by atoms with van der Waals surface area (Å²) in [6.07, 6.45) is 7.70. The summed E-state index contributed by atoms with van der Waals surface area (Å²) in [5, 5.41) is 3.07. The molecule has 3 rings (SSSR count). The Balaban J connectivity index is 1.73. The zero-order valence-electron chi connectivity index (χ0n) is 17.5. The minimum absolute atomic E-state index is 0.0532. The molecule has 3 heterocycles. The Bertz CT molecular complexity index is 668. The molecular formula is C22H34N4O2. The van der Waals surface area contributed by atoms with Crippen LogP contribution >= 0.6 is 0 Å². The molecule has 1 unspecified atom stereocenters. The molecule has 0 aromatic carbocycles. The topological polar surface area (TPSA) is 65.5 Å². The minimum Gasteiger partial charge on any atom is -0.342 e. The maximum absolute atomic E-state index is 13.2. The van der Waals surface area contributed by atoms with Crippen molar-refractivity contribution in [3.63, 3.8) is 0 Å². The predicted octanol–water partition coefficient (Wildman–Crippen LogP) is 2.59. The van der Waals surface area contributed by atoms with Crippen LogP contribution in [-0.4, -0.2) is 57.8 Å². The lowest BCUT2D eigenvalue weighted by Crippen LogP contribution is -2.73. The summed E-state index contributed by atoms with van der Waals surface area (Å²) in [6, 6.07) is 3.70. The van der Waals surface area contributed by atoms with E-state index in [1.54, 1.807) is 0 Å². The number of hydrogen-bond donors (Lipinski definition) is 1. The first-order chi connectivity index (χ1) is 13.5. The first-order valence-electron chi connectivity index (χ1n) is 10.7. The molecule has 0 saturated carbocycles. The highest BCUT2D eigenvalue weighted by molar-refractivity contribution is 6.00. The van der Waals surface area contributed by atoms with Crippen LogP contribution in [0.25, 0.3) is 0 Å². The molecule has 2 fully saturated rings. The molecule has 6 nitrogen and oxygen atoms in total. The highest BCUT2D eigenvalue weighted by atomic mass is 16.2. The van der Waals surface area contributed by atoms with Crippen LogP contribution < -0.4 is 5.32 Å². The first kappa shape index (κ1) is 20.8. The van der Waals surface area contributed by atoms with Crippen molar-refractivity contribution >= 4 is 11.8 Å². The molecule has 1 spiro atoms. The van der Waals surface area contributed by atoms with Crippen LogP contribution in [0.2, 0.25) is 0 Å². The Morgan fingerprint density at radius 3 is 2.50 bits per heavy atom. The van der Waals surface area contributed by atoms with Gasteiger partial charge in [-0.15, -0.1) is 0 Å². The molecule has 1 N–H and O–H groups in total. The summed E-state index contributed by atoms with van der Waals surface area (Å²) in [6.45, 7) is 9.50. The van der Waals surface area contributed by atoms with Crippen molar-refractivity contribution < 1.29 is 9.59 Å².